The zero-order valence-electron chi connectivity index (χ0n) is 10.5. The van der Waals surface area contributed by atoms with Gasteiger partial charge in [0.1, 0.15) is 0 Å². The van der Waals surface area contributed by atoms with Crippen molar-refractivity contribution in [2.24, 2.45) is 0 Å². The van der Waals surface area contributed by atoms with E-state index in [0.29, 0.717) is 6.04 Å². The number of nitrogens with one attached hydrogen (secondary N) is 1. The number of hydrogen-bond donors (Lipinski definition) is 1. The fourth-order valence-corrected chi connectivity index (χ4v) is 1.60. The third-order valence-corrected chi connectivity index (χ3v) is 2.44. The summed E-state index contributed by atoms with van der Waals surface area (Å²) in [5, 5.41) is 3.45. The third-order valence-electron chi connectivity index (χ3n) is 2.44. The van der Waals surface area contributed by atoms with Crippen molar-refractivity contribution in [3.63, 3.8) is 0 Å². The minimum atomic E-state index is 0.632. The van der Waals surface area contributed by atoms with Crippen LogP contribution in [0.25, 0.3) is 0 Å². The second kappa shape index (κ2) is 9.47. The van der Waals surface area contributed by atoms with E-state index >= 15 is 0 Å². The number of nitrogens with zero attached hydrogens (tertiary/aromatic N) is 1. The van der Waals surface area contributed by atoms with Gasteiger partial charge in [-0.25, -0.2) is 0 Å². The number of hydrogen-bond acceptors (Lipinski definition) is 2. The maximum atomic E-state index is 3.45. The molecular formula is C12H28N2. The summed E-state index contributed by atoms with van der Waals surface area (Å²) in [7, 11) is 0. The summed E-state index contributed by atoms with van der Waals surface area (Å²) in [6, 6.07) is 0.632. The van der Waals surface area contributed by atoms with Crippen LogP contribution in [0.5, 0.6) is 0 Å². The van der Waals surface area contributed by atoms with Gasteiger partial charge in [0.15, 0.2) is 0 Å². The largest absolute Gasteiger partial charge is 0.315 e. The first kappa shape index (κ1) is 13.9. The molecule has 14 heavy (non-hydrogen) atoms. The van der Waals surface area contributed by atoms with Crippen LogP contribution in [0.4, 0.5) is 0 Å². The maximum absolute atomic E-state index is 3.45. The molecule has 0 unspecified atom stereocenters. The molecular weight excluding hydrogens is 172 g/mol. The summed E-state index contributed by atoms with van der Waals surface area (Å²) in [5.41, 5.74) is 0. The number of unbranched alkanes of at least 4 members (excludes halogenated alkanes) is 1. The molecule has 0 saturated heterocycles. The highest BCUT2D eigenvalue weighted by atomic mass is 15.1. The van der Waals surface area contributed by atoms with Crippen LogP contribution in [0, 0.1) is 0 Å². The molecule has 1 N–H and O–H groups in total. The maximum Gasteiger partial charge on any atom is 0.00103 e. The van der Waals surface area contributed by atoms with Crippen LogP contribution in [-0.4, -0.2) is 37.1 Å². The van der Waals surface area contributed by atoms with Crippen molar-refractivity contribution in [2.45, 2.75) is 53.0 Å². The Morgan fingerprint density at radius 1 is 1.07 bits per heavy atom. The predicted octanol–water partition coefficient (Wildman–Crippen LogP) is 2.50. The van der Waals surface area contributed by atoms with Crippen LogP contribution in [0.2, 0.25) is 0 Å². The second-order valence-electron chi connectivity index (χ2n) is 4.25. The zero-order chi connectivity index (χ0) is 10.8. The summed E-state index contributed by atoms with van der Waals surface area (Å²) in [5.74, 6) is 0. The zero-order valence-corrected chi connectivity index (χ0v) is 10.5. The molecule has 2 nitrogen and oxygen atoms in total. The molecule has 0 bridgehead atoms. The molecule has 0 aromatic carbocycles. The molecule has 0 saturated carbocycles. The lowest BCUT2D eigenvalue weighted by atomic mass is 10.2. The smallest absolute Gasteiger partial charge is 0.00103 e. The van der Waals surface area contributed by atoms with Crippen LogP contribution in [0.1, 0.15) is 47.0 Å². The van der Waals surface area contributed by atoms with Crippen molar-refractivity contribution in [1.82, 2.24) is 10.2 Å². The van der Waals surface area contributed by atoms with Gasteiger partial charge >= 0.3 is 0 Å². The van der Waals surface area contributed by atoms with Crippen molar-refractivity contribution in [3.8, 4) is 0 Å². The van der Waals surface area contributed by atoms with Crippen molar-refractivity contribution in [3.05, 3.63) is 0 Å². The molecule has 0 rings (SSSR count). The molecule has 86 valence electrons. The predicted molar refractivity (Wildman–Crippen MR) is 64.8 cm³/mol. The van der Waals surface area contributed by atoms with Crippen molar-refractivity contribution >= 4 is 0 Å². The van der Waals surface area contributed by atoms with Gasteiger partial charge in [-0.15, -0.1) is 0 Å². The molecule has 0 radical (unpaired) electrons. The Morgan fingerprint density at radius 3 is 2.29 bits per heavy atom. The van der Waals surface area contributed by atoms with E-state index in [4.69, 9.17) is 0 Å². The van der Waals surface area contributed by atoms with Gasteiger partial charge in [-0.05, 0) is 45.4 Å². The molecule has 0 aliphatic carbocycles. The summed E-state index contributed by atoms with van der Waals surface area (Å²) >= 11 is 0. The molecule has 0 aromatic heterocycles. The second-order valence-corrected chi connectivity index (χ2v) is 4.25. The fraction of sp³-hybridized carbons (Fsp3) is 1.00. The van der Waals surface area contributed by atoms with E-state index in [1.807, 2.05) is 0 Å². The fourth-order valence-electron chi connectivity index (χ4n) is 1.60. The van der Waals surface area contributed by atoms with E-state index in [1.165, 1.54) is 45.4 Å². The van der Waals surface area contributed by atoms with Crippen LogP contribution in [-0.2, 0) is 0 Å². The van der Waals surface area contributed by atoms with Crippen LogP contribution in [0.3, 0.4) is 0 Å². The van der Waals surface area contributed by atoms with Gasteiger partial charge < -0.3 is 10.2 Å². The highest BCUT2D eigenvalue weighted by Crippen LogP contribution is 1.96. The topological polar surface area (TPSA) is 15.3 Å². The van der Waals surface area contributed by atoms with Gasteiger partial charge in [0, 0.05) is 6.04 Å². The monoisotopic (exact) mass is 200 g/mol. The first-order chi connectivity index (χ1) is 6.70. The lowest BCUT2D eigenvalue weighted by Gasteiger charge is -2.19. The van der Waals surface area contributed by atoms with Gasteiger partial charge in [0.2, 0.25) is 0 Å². The summed E-state index contributed by atoms with van der Waals surface area (Å²) in [6.45, 7) is 13.8. The molecule has 0 fully saturated rings. The Labute approximate surface area is 90.1 Å². The first-order valence-electron chi connectivity index (χ1n) is 6.16. The van der Waals surface area contributed by atoms with E-state index in [9.17, 15) is 0 Å². The molecule has 0 atom stereocenters. The molecule has 0 aliphatic heterocycles. The van der Waals surface area contributed by atoms with E-state index in [1.54, 1.807) is 0 Å². The molecule has 0 amide bonds. The molecule has 0 aromatic rings. The van der Waals surface area contributed by atoms with Gasteiger partial charge in [-0.3, -0.25) is 0 Å². The van der Waals surface area contributed by atoms with Gasteiger partial charge in [0.25, 0.3) is 0 Å². The molecule has 0 spiro atoms. The van der Waals surface area contributed by atoms with Gasteiger partial charge in [-0.2, -0.15) is 0 Å². The standard InChI is InChI=1S/C12H28N2/c1-5-10-14(6-2)11-8-7-9-13-12(3)4/h12-13H,5-11H2,1-4H3. The Balaban J connectivity index is 3.24. The Kier molecular flexibility index (Phi) is 9.42. The van der Waals surface area contributed by atoms with Crippen molar-refractivity contribution in [1.29, 1.82) is 0 Å². The highest BCUT2D eigenvalue weighted by molar-refractivity contribution is 4.57. The van der Waals surface area contributed by atoms with Crippen LogP contribution in [0.15, 0.2) is 0 Å². The van der Waals surface area contributed by atoms with E-state index in [0.717, 1.165) is 0 Å². The molecule has 0 heterocycles. The average molecular weight is 200 g/mol. The van der Waals surface area contributed by atoms with Crippen molar-refractivity contribution < 1.29 is 0 Å². The minimum Gasteiger partial charge on any atom is -0.315 e. The Hall–Kier alpha value is -0.0800. The van der Waals surface area contributed by atoms with Gasteiger partial charge in [0.05, 0.1) is 0 Å². The van der Waals surface area contributed by atoms with E-state index in [2.05, 4.69) is 37.9 Å². The number of rotatable bonds is 9. The summed E-state index contributed by atoms with van der Waals surface area (Å²) in [4.78, 5) is 2.54. The SMILES string of the molecule is CCCN(CC)CCCCNC(C)C. The Morgan fingerprint density at radius 2 is 1.79 bits per heavy atom. The molecule has 0 aliphatic rings. The van der Waals surface area contributed by atoms with Gasteiger partial charge in [-0.1, -0.05) is 27.7 Å². The lowest BCUT2D eigenvalue weighted by Crippen LogP contribution is -2.27. The quantitative estimate of drug-likeness (QED) is 0.575. The minimum absolute atomic E-state index is 0.632. The Bertz CT molecular complexity index is 113. The highest BCUT2D eigenvalue weighted by Gasteiger charge is 1.99. The summed E-state index contributed by atoms with van der Waals surface area (Å²) in [6.07, 6.45) is 3.91. The summed E-state index contributed by atoms with van der Waals surface area (Å²) < 4.78 is 0. The van der Waals surface area contributed by atoms with E-state index in [-0.39, 0.29) is 0 Å². The van der Waals surface area contributed by atoms with Crippen LogP contribution >= 0.6 is 0 Å². The third kappa shape index (κ3) is 8.52. The van der Waals surface area contributed by atoms with E-state index < -0.39 is 0 Å². The van der Waals surface area contributed by atoms with Crippen LogP contribution < -0.4 is 5.32 Å². The molecule has 2 heteroatoms. The normalized spacial score (nSPS) is 11.6. The first-order valence-corrected chi connectivity index (χ1v) is 6.16. The average Bonchev–Trinajstić information content (AvgIpc) is 2.15. The lowest BCUT2D eigenvalue weighted by molar-refractivity contribution is 0.281. The van der Waals surface area contributed by atoms with Crippen molar-refractivity contribution in [2.75, 3.05) is 26.2 Å².